The van der Waals surface area contributed by atoms with Gasteiger partial charge in [-0.3, -0.25) is 4.79 Å². The zero-order valence-corrected chi connectivity index (χ0v) is 21.5. The number of carbonyl (C=O) groups is 1. The second-order valence-corrected chi connectivity index (χ2v) is 10.1. The van der Waals surface area contributed by atoms with Crippen LogP contribution in [0.3, 0.4) is 0 Å². The number of hydroxylamine groups is 3. The van der Waals surface area contributed by atoms with Crippen LogP contribution in [0.15, 0.2) is 0 Å². The number of hydrogen-bond acceptors (Lipinski definition) is 2. The van der Waals surface area contributed by atoms with Crippen LogP contribution in [0.1, 0.15) is 142 Å². The molecule has 0 aliphatic rings. The predicted octanol–water partition coefficient (Wildman–Crippen LogP) is 7.89. The molecule has 4 nitrogen and oxygen atoms in total. The van der Waals surface area contributed by atoms with E-state index in [2.05, 4.69) is 12.2 Å². The van der Waals surface area contributed by atoms with Gasteiger partial charge < -0.3 is 15.2 Å². The van der Waals surface area contributed by atoms with E-state index in [1.165, 1.54) is 109 Å². The Morgan fingerprint density at radius 1 is 0.613 bits per heavy atom. The van der Waals surface area contributed by atoms with Crippen LogP contribution in [0, 0.1) is 5.21 Å². The van der Waals surface area contributed by atoms with E-state index >= 15 is 0 Å². The number of unbranched alkanes of at least 4 members (excludes halogenated alkanes) is 18. The topological polar surface area (TPSA) is 52.2 Å². The van der Waals surface area contributed by atoms with Gasteiger partial charge in [0.15, 0.2) is 0 Å². The summed E-state index contributed by atoms with van der Waals surface area (Å²) >= 11 is 0. The van der Waals surface area contributed by atoms with E-state index in [1.807, 2.05) is 0 Å². The molecule has 4 heteroatoms. The van der Waals surface area contributed by atoms with Crippen LogP contribution >= 0.6 is 0 Å². The van der Waals surface area contributed by atoms with Crippen molar-refractivity contribution in [3.63, 3.8) is 0 Å². The largest absolute Gasteiger partial charge is 0.633 e. The number of rotatable bonds is 24. The first-order valence-corrected chi connectivity index (χ1v) is 13.8. The minimum Gasteiger partial charge on any atom is -0.633 e. The Balaban J connectivity index is 3.14. The van der Waals surface area contributed by atoms with E-state index in [1.54, 1.807) is 14.1 Å². The molecule has 0 atom stereocenters. The standard InChI is InChI=1S/C27H56N2O2/c1-4-5-6-7-8-9-10-11-12-13-14-15-16-17-18-19-20-21-22-24-27(30)28-25-23-26-29(2,3)31/h4-26H2,1-3H3,(H,28,30). The van der Waals surface area contributed by atoms with Crippen LogP contribution in [-0.4, -0.2) is 37.7 Å². The first-order valence-electron chi connectivity index (χ1n) is 13.8. The maximum Gasteiger partial charge on any atom is 0.219 e. The molecule has 0 saturated heterocycles. The van der Waals surface area contributed by atoms with Crippen LogP contribution in [0.5, 0.6) is 0 Å². The third-order valence-electron chi connectivity index (χ3n) is 6.20. The van der Waals surface area contributed by atoms with Gasteiger partial charge in [0, 0.05) is 19.4 Å². The van der Waals surface area contributed by atoms with Gasteiger partial charge in [-0.2, -0.15) is 0 Å². The van der Waals surface area contributed by atoms with Crippen molar-refractivity contribution in [1.82, 2.24) is 5.32 Å². The maximum absolute atomic E-state index is 11.8. The Labute approximate surface area is 195 Å². The highest BCUT2D eigenvalue weighted by Crippen LogP contribution is 2.14. The molecule has 0 saturated carbocycles. The fourth-order valence-electron chi connectivity index (χ4n) is 4.14. The summed E-state index contributed by atoms with van der Waals surface area (Å²) in [5.74, 6) is 0.142. The number of carbonyl (C=O) groups excluding carboxylic acids is 1. The number of amides is 1. The third kappa shape index (κ3) is 27.4. The summed E-state index contributed by atoms with van der Waals surface area (Å²) in [7, 11) is 3.28. The van der Waals surface area contributed by atoms with Gasteiger partial charge in [0.1, 0.15) is 0 Å². The fraction of sp³-hybridized carbons (Fsp3) is 0.963. The number of hydrogen-bond donors (Lipinski definition) is 1. The van der Waals surface area contributed by atoms with Gasteiger partial charge in [-0.25, -0.2) is 0 Å². The van der Waals surface area contributed by atoms with E-state index in [-0.39, 0.29) is 10.6 Å². The Bertz CT molecular complexity index is 380. The van der Waals surface area contributed by atoms with E-state index in [0.29, 0.717) is 19.5 Å². The molecule has 31 heavy (non-hydrogen) atoms. The lowest BCUT2D eigenvalue weighted by molar-refractivity contribution is -0.840. The Morgan fingerprint density at radius 2 is 0.968 bits per heavy atom. The lowest BCUT2D eigenvalue weighted by Gasteiger charge is -2.33. The zero-order chi connectivity index (χ0) is 23.0. The normalized spacial score (nSPS) is 11.7. The highest BCUT2D eigenvalue weighted by atomic mass is 16.5. The molecule has 186 valence electrons. The predicted molar refractivity (Wildman–Crippen MR) is 136 cm³/mol. The summed E-state index contributed by atoms with van der Waals surface area (Å²) in [6.07, 6.45) is 27.4. The summed E-state index contributed by atoms with van der Waals surface area (Å²) in [4.78, 5) is 11.8. The van der Waals surface area contributed by atoms with E-state index in [9.17, 15) is 10.0 Å². The molecule has 0 spiro atoms. The van der Waals surface area contributed by atoms with E-state index in [4.69, 9.17) is 0 Å². The van der Waals surface area contributed by atoms with Crippen molar-refractivity contribution < 1.29 is 9.44 Å². The van der Waals surface area contributed by atoms with Gasteiger partial charge in [0.25, 0.3) is 0 Å². The average molecular weight is 441 g/mol. The molecule has 0 fully saturated rings. The first-order chi connectivity index (χ1) is 15.0. The second-order valence-electron chi connectivity index (χ2n) is 10.1. The fourth-order valence-corrected chi connectivity index (χ4v) is 4.14. The summed E-state index contributed by atoms with van der Waals surface area (Å²) in [5, 5.41) is 14.4. The van der Waals surface area contributed by atoms with Crippen LogP contribution in [0.25, 0.3) is 0 Å². The molecule has 0 bridgehead atoms. The number of nitrogens with one attached hydrogen (secondary N) is 1. The van der Waals surface area contributed by atoms with Crippen molar-refractivity contribution in [3.05, 3.63) is 5.21 Å². The molecule has 0 heterocycles. The molecule has 0 aromatic heterocycles. The molecule has 0 aromatic rings. The molecule has 0 aromatic carbocycles. The Morgan fingerprint density at radius 3 is 1.32 bits per heavy atom. The van der Waals surface area contributed by atoms with Crippen LogP contribution < -0.4 is 5.32 Å². The monoisotopic (exact) mass is 440 g/mol. The SMILES string of the molecule is CCCCCCCCCCCCCCCCCCCCCC(=O)NCCC[N+](C)(C)[O-]. The highest BCUT2D eigenvalue weighted by Gasteiger charge is 2.04. The highest BCUT2D eigenvalue weighted by molar-refractivity contribution is 5.75. The summed E-state index contributed by atoms with van der Waals surface area (Å²) in [6, 6.07) is 0. The van der Waals surface area contributed by atoms with E-state index in [0.717, 1.165) is 19.3 Å². The maximum atomic E-state index is 11.8. The van der Waals surface area contributed by atoms with Crippen molar-refractivity contribution in [2.75, 3.05) is 27.2 Å². The minimum atomic E-state index is -0.283. The molecular formula is C27H56N2O2. The summed E-state index contributed by atoms with van der Waals surface area (Å²) in [5.41, 5.74) is 0. The molecule has 1 N–H and O–H groups in total. The molecule has 0 aliphatic heterocycles. The number of quaternary nitrogens is 1. The van der Waals surface area contributed by atoms with Gasteiger partial charge in [0.2, 0.25) is 5.91 Å². The molecule has 0 aliphatic carbocycles. The smallest absolute Gasteiger partial charge is 0.219 e. The third-order valence-corrected chi connectivity index (χ3v) is 6.20. The Kier molecular flexibility index (Phi) is 22.1. The minimum absolute atomic E-state index is 0.142. The van der Waals surface area contributed by atoms with Gasteiger partial charge >= 0.3 is 0 Å². The summed E-state index contributed by atoms with van der Waals surface area (Å²) < 4.78 is -0.283. The lowest BCUT2D eigenvalue weighted by atomic mass is 10.0. The van der Waals surface area contributed by atoms with Crippen LogP contribution in [0.2, 0.25) is 0 Å². The van der Waals surface area contributed by atoms with Gasteiger partial charge in [-0.1, -0.05) is 122 Å². The number of nitrogens with zero attached hydrogens (tertiary/aromatic N) is 1. The molecule has 0 unspecified atom stereocenters. The van der Waals surface area contributed by atoms with Crippen LogP contribution in [0.4, 0.5) is 0 Å². The van der Waals surface area contributed by atoms with E-state index < -0.39 is 0 Å². The molecular weight excluding hydrogens is 384 g/mol. The van der Waals surface area contributed by atoms with Crippen molar-refractivity contribution in [1.29, 1.82) is 0 Å². The summed E-state index contributed by atoms with van der Waals surface area (Å²) in [6.45, 7) is 3.47. The van der Waals surface area contributed by atoms with Crippen molar-refractivity contribution in [2.24, 2.45) is 0 Å². The van der Waals surface area contributed by atoms with Crippen molar-refractivity contribution >= 4 is 5.91 Å². The quantitative estimate of drug-likeness (QED) is 0.0942. The van der Waals surface area contributed by atoms with Crippen molar-refractivity contribution in [2.45, 2.75) is 142 Å². The van der Waals surface area contributed by atoms with Crippen molar-refractivity contribution in [3.8, 4) is 0 Å². The lowest BCUT2D eigenvalue weighted by Crippen LogP contribution is -2.35. The van der Waals surface area contributed by atoms with Gasteiger partial charge in [0.05, 0.1) is 20.6 Å². The van der Waals surface area contributed by atoms with Gasteiger partial charge in [-0.05, 0) is 6.42 Å². The molecule has 1 amide bonds. The second kappa shape index (κ2) is 22.6. The average Bonchev–Trinajstić information content (AvgIpc) is 2.72. The first kappa shape index (κ1) is 30.4. The van der Waals surface area contributed by atoms with Gasteiger partial charge in [-0.15, -0.1) is 0 Å². The Hall–Kier alpha value is -0.610. The molecule has 0 radical (unpaired) electrons. The molecule has 0 rings (SSSR count). The van der Waals surface area contributed by atoms with Crippen LogP contribution in [-0.2, 0) is 4.79 Å². The zero-order valence-electron chi connectivity index (χ0n) is 21.5.